The molecule has 1 N–H and O–H groups in total. The smallest absolute Gasteiger partial charge is 0.248 e. The van der Waals surface area contributed by atoms with Gasteiger partial charge in [0.05, 0.1) is 11.4 Å². The summed E-state index contributed by atoms with van der Waals surface area (Å²) in [4.78, 5) is 29.8. The van der Waals surface area contributed by atoms with Gasteiger partial charge in [-0.15, -0.1) is 11.3 Å². The largest absolute Gasteiger partial charge is 0.322 e. The summed E-state index contributed by atoms with van der Waals surface area (Å²) in [7, 11) is 0. The van der Waals surface area contributed by atoms with Crippen molar-refractivity contribution >= 4 is 61.7 Å². The van der Waals surface area contributed by atoms with E-state index in [1.54, 1.807) is 23.6 Å². The molecular weight excluding hydrogens is 457 g/mol. The number of aryl methyl sites for hydroxylation is 1. The van der Waals surface area contributed by atoms with E-state index in [1.165, 1.54) is 41.4 Å². The molecule has 3 aromatic rings. The lowest BCUT2D eigenvalue weighted by molar-refractivity contribution is -0.116. The molecule has 0 spiro atoms. The van der Waals surface area contributed by atoms with Crippen molar-refractivity contribution in [3.05, 3.63) is 75.5 Å². The van der Waals surface area contributed by atoms with Gasteiger partial charge >= 0.3 is 0 Å². The van der Waals surface area contributed by atoms with Crippen LogP contribution in [-0.2, 0) is 9.59 Å². The summed E-state index contributed by atoms with van der Waals surface area (Å²) in [6.45, 7) is 3.24. The van der Waals surface area contributed by atoms with E-state index in [4.69, 9.17) is 0 Å². The van der Waals surface area contributed by atoms with Crippen LogP contribution >= 0.6 is 27.3 Å². The van der Waals surface area contributed by atoms with Crippen molar-refractivity contribution in [2.45, 2.75) is 13.8 Å². The Morgan fingerprint density at radius 2 is 2.00 bits per heavy atom. The van der Waals surface area contributed by atoms with Crippen LogP contribution in [0.1, 0.15) is 18.2 Å². The summed E-state index contributed by atoms with van der Waals surface area (Å²) in [5.41, 5.74) is 2.27. The van der Waals surface area contributed by atoms with Gasteiger partial charge in [0.2, 0.25) is 11.8 Å². The maximum atomic E-state index is 14.1. The Labute approximate surface area is 180 Å². The number of anilines is 3. The van der Waals surface area contributed by atoms with E-state index in [-0.39, 0.29) is 17.5 Å². The summed E-state index contributed by atoms with van der Waals surface area (Å²) < 4.78 is 15.0. The van der Waals surface area contributed by atoms with Gasteiger partial charge in [-0.3, -0.25) is 14.5 Å². The van der Waals surface area contributed by atoms with Crippen molar-refractivity contribution in [1.29, 1.82) is 0 Å². The molecule has 0 aliphatic rings. The normalized spacial score (nSPS) is 10.9. The van der Waals surface area contributed by atoms with E-state index in [9.17, 15) is 14.0 Å². The van der Waals surface area contributed by atoms with Crippen LogP contribution < -0.4 is 10.2 Å². The lowest BCUT2D eigenvalue weighted by Gasteiger charge is -2.18. The highest BCUT2D eigenvalue weighted by Crippen LogP contribution is 2.31. The molecule has 0 saturated carbocycles. The Bertz CT molecular complexity index is 1100. The molecule has 0 saturated heterocycles. The van der Waals surface area contributed by atoms with Crippen LogP contribution in [0.5, 0.6) is 0 Å². The summed E-state index contributed by atoms with van der Waals surface area (Å²) in [5.74, 6) is -1.18. The topological polar surface area (TPSA) is 62.3 Å². The van der Waals surface area contributed by atoms with Crippen LogP contribution in [0.3, 0.4) is 0 Å². The zero-order valence-electron chi connectivity index (χ0n) is 15.6. The molecule has 2 aromatic carbocycles. The van der Waals surface area contributed by atoms with E-state index in [1.807, 2.05) is 25.1 Å². The molecule has 0 radical (unpaired) electrons. The summed E-state index contributed by atoms with van der Waals surface area (Å²) >= 11 is 4.57. The number of aromatic nitrogens is 1. The van der Waals surface area contributed by atoms with Crippen LogP contribution in [-0.4, -0.2) is 16.8 Å². The summed E-state index contributed by atoms with van der Waals surface area (Å²) in [5, 5.41) is 4.83. The van der Waals surface area contributed by atoms with Crippen molar-refractivity contribution in [3.8, 4) is 0 Å². The van der Waals surface area contributed by atoms with Gasteiger partial charge in [0, 0.05) is 28.5 Å². The first kappa shape index (κ1) is 20.9. The summed E-state index contributed by atoms with van der Waals surface area (Å²) in [6.07, 6.45) is 2.91. The highest BCUT2D eigenvalue weighted by atomic mass is 79.9. The predicted octanol–water partition coefficient (Wildman–Crippen LogP) is 5.69. The molecule has 0 atom stereocenters. The molecule has 0 fully saturated rings. The van der Waals surface area contributed by atoms with Crippen LogP contribution in [0, 0.1) is 12.7 Å². The molecule has 1 heterocycles. The molecule has 0 aliphatic carbocycles. The quantitative estimate of drug-likeness (QED) is 0.484. The fourth-order valence-corrected chi connectivity index (χ4v) is 3.77. The van der Waals surface area contributed by atoms with Gasteiger partial charge in [0.25, 0.3) is 0 Å². The first-order valence-corrected chi connectivity index (χ1v) is 10.3. The molecule has 0 bridgehead atoms. The molecule has 8 heteroatoms. The highest BCUT2D eigenvalue weighted by Gasteiger charge is 2.20. The number of halogens is 2. The molecule has 5 nitrogen and oxygen atoms in total. The zero-order chi connectivity index (χ0) is 21.0. The molecule has 3 rings (SSSR count). The lowest BCUT2D eigenvalue weighted by Crippen LogP contribution is -2.23. The number of thiazole rings is 1. The number of benzene rings is 2. The van der Waals surface area contributed by atoms with Crippen LogP contribution in [0.4, 0.5) is 20.9 Å². The number of rotatable bonds is 5. The van der Waals surface area contributed by atoms with E-state index in [0.29, 0.717) is 16.5 Å². The Kier molecular flexibility index (Phi) is 6.56. The van der Waals surface area contributed by atoms with Crippen molar-refractivity contribution in [3.63, 3.8) is 0 Å². The molecule has 0 unspecified atom stereocenters. The fourth-order valence-electron chi connectivity index (χ4n) is 2.56. The minimum absolute atomic E-state index is 0.132. The second-order valence-corrected chi connectivity index (χ2v) is 7.89. The van der Waals surface area contributed by atoms with Gasteiger partial charge in [0.1, 0.15) is 5.82 Å². The van der Waals surface area contributed by atoms with E-state index >= 15 is 0 Å². The zero-order valence-corrected chi connectivity index (χ0v) is 18.1. The number of hydrogen-bond acceptors (Lipinski definition) is 4. The number of carbonyl (C=O) groups is 2. The number of nitrogens with one attached hydrogen (secondary N) is 1. The number of hydrogen-bond donors (Lipinski definition) is 1. The third-order valence-electron chi connectivity index (χ3n) is 3.97. The van der Waals surface area contributed by atoms with Crippen molar-refractivity contribution in [2.75, 3.05) is 10.2 Å². The van der Waals surface area contributed by atoms with Gasteiger partial charge < -0.3 is 5.32 Å². The van der Waals surface area contributed by atoms with Crippen molar-refractivity contribution in [1.82, 2.24) is 4.98 Å². The Balaban J connectivity index is 1.77. The van der Waals surface area contributed by atoms with Crippen LogP contribution in [0.2, 0.25) is 0 Å². The molecular formula is C21H17BrFN3O2S. The second kappa shape index (κ2) is 9.11. The number of carbonyl (C=O) groups excluding carboxylic acids is 2. The average Bonchev–Trinajstić information content (AvgIpc) is 3.13. The van der Waals surface area contributed by atoms with E-state index < -0.39 is 5.82 Å². The van der Waals surface area contributed by atoms with Crippen molar-refractivity contribution < 1.29 is 14.0 Å². The van der Waals surface area contributed by atoms with Crippen molar-refractivity contribution in [2.24, 2.45) is 0 Å². The minimum atomic E-state index is -0.515. The molecule has 2 amide bonds. The van der Waals surface area contributed by atoms with Gasteiger partial charge in [-0.25, -0.2) is 9.37 Å². The minimum Gasteiger partial charge on any atom is -0.322 e. The predicted molar refractivity (Wildman–Crippen MR) is 118 cm³/mol. The standard InChI is InChI=1S/C21H17BrFN3O2S/c1-13-7-8-15(22)11-18(13)25-20(28)10-9-16-12-29-21(24-16)26(14(2)27)19-6-4-3-5-17(19)23/h3-12H,1-2H3,(H,25,28). The number of nitrogens with zero attached hydrogens (tertiary/aromatic N) is 2. The second-order valence-electron chi connectivity index (χ2n) is 6.14. The molecule has 0 aliphatic heterocycles. The van der Waals surface area contributed by atoms with Crippen LogP contribution in [0.25, 0.3) is 6.08 Å². The van der Waals surface area contributed by atoms with Crippen LogP contribution in [0.15, 0.2) is 58.4 Å². The average molecular weight is 474 g/mol. The monoisotopic (exact) mass is 473 g/mol. The number of amides is 2. The van der Waals surface area contributed by atoms with E-state index in [2.05, 4.69) is 26.2 Å². The van der Waals surface area contributed by atoms with Gasteiger partial charge in [-0.05, 0) is 42.8 Å². The lowest BCUT2D eigenvalue weighted by atomic mass is 10.2. The van der Waals surface area contributed by atoms with E-state index in [0.717, 1.165) is 10.0 Å². The van der Waals surface area contributed by atoms with Gasteiger partial charge in [-0.2, -0.15) is 0 Å². The van der Waals surface area contributed by atoms with Gasteiger partial charge in [-0.1, -0.05) is 34.1 Å². The first-order valence-electron chi connectivity index (χ1n) is 8.61. The molecule has 29 heavy (non-hydrogen) atoms. The fraction of sp³-hybridized carbons (Fsp3) is 0.0952. The third-order valence-corrected chi connectivity index (χ3v) is 5.31. The SMILES string of the molecule is CC(=O)N(c1nc(C=CC(=O)Nc2cc(Br)ccc2C)cs1)c1ccccc1F. The maximum Gasteiger partial charge on any atom is 0.248 e. The highest BCUT2D eigenvalue weighted by molar-refractivity contribution is 9.10. The molecule has 1 aromatic heterocycles. The Morgan fingerprint density at radius 3 is 2.72 bits per heavy atom. The Hall–Kier alpha value is -2.84. The number of para-hydroxylation sites is 1. The maximum absolute atomic E-state index is 14.1. The Morgan fingerprint density at radius 1 is 1.24 bits per heavy atom. The summed E-state index contributed by atoms with van der Waals surface area (Å²) in [6, 6.07) is 11.6. The first-order chi connectivity index (χ1) is 13.8. The van der Waals surface area contributed by atoms with Gasteiger partial charge in [0.15, 0.2) is 5.13 Å². The third kappa shape index (κ3) is 5.16. The molecule has 148 valence electrons.